The third-order valence-corrected chi connectivity index (χ3v) is 4.89. The molecule has 0 radical (unpaired) electrons. The standard InChI is InChI=1S/C19H21FN6O/c20-16-5-3-14(4-6-16)9-10-21-19(27)15-2-1-11-25(12-15)18-8-7-17-23-22-13-26(17)24-18/h3-8,13,15H,1-2,9-12H2,(H,21,27)/t15-/m0/s1. The van der Waals surface area contributed by atoms with Gasteiger partial charge in [0.25, 0.3) is 0 Å². The van der Waals surface area contributed by atoms with Crippen LogP contribution in [0.4, 0.5) is 10.2 Å². The third-order valence-electron chi connectivity index (χ3n) is 4.89. The molecular formula is C19H21FN6O. The summed E-state index contributed by atoms with van der Waals surface area (Å²) in [5.41, 5.74) is 1.71. The SMILES string of the molecule is O=C(NCCc1ccc(F)cc1)[C@H]1CCCN(c2ccc3nncn3n2)C1. The highest BCUT2D eigenvalue weighted by molar-refractivity contribution is 5.79. The van der Waals surface area contributed by atoms with Crippen molar-refractivity contribution in [2.75, 3.05) is 24.5 Å². The Bertz CT molecular complexity index is 925. The minimum absolute atomic E-state index is 0.0622. The summed E-state index contributed by atoms with van der Waals surface area (Å²) in [7, 11) is 0. The number of aromatic nitrogens is 4. The Labute approximate surface area is 156 Å². The van der Waals surface area contributed by atoms with Crippen molar-refractivity contribution in [2.24, 2.45) is 5.92 Å². The van der Waals surface area contributed by atoms with E-state index in [4.69, 9.17) is 0 Å². The van der Waals surface area contributed by atoms with Gasteiger partial charge in [-0.25, -0.2) is 4.39 Å². The number of anilines is 1. The number of nitrogens with zero attached hydrogens (tertiary/aromatic N) is 5. The molecule has 0 saturated carbocycles. The van der Waals surface area contributed by atoms with E-state index in [9.17, 15) is 9.18 Å². The lowest BCUT2D eigenvalue weighted by Crippen LogP contribution is -2.43. The molecular weight excluding hydrogens is 347 g/mol. The van der Waals surface area contributed by atoms with E-state index in [2.05, 4.69) is 25.5 Å². The molecule has 0 unspecified atom stereocenters. The molecule has 27 heavy (non-hydrogen) atoms. The van der Waals surface area contributed by atoms with Crippen molar-refractivity contribution in [3.05, 3.63) is 54.1 Å². The number of hydrogen-bond donors (Lipinski definition) is 1. The highest BCUT2D eigenvalue weighted by Crippen LogP contribution is 2.22. The fraction of sp³-hybridized carbons (Fsp3) is 0.368. The van der Waals surface area contributed by atoms with Gasteiger partial charge in [0.2, 0.25) is 5.91 Å². The second kappa shape index (κ2) is 7.69. The molecule has 1 amide bonds. The monoisotopic (exact) mass is 368 g/mol. The zero-order valence-electron chi connectivity index (χ0n) is 14.9. The van der Waals surface area contributed by atoms with Gasteiger partial charge in [0, 0.05) is 19.6 Å². The minimum Gasteiger partial charge on any atom is -0.355 e. The van der Waals surface area contributed by atoms with Gasteiger partial charge in [0.05, 0.1) is 5.92 Å². The number of benzene rings is 1. The molecule has 7 nitrogen and oxygen atoms in total. The molecule has 0 bridgehead atoms. The first-order valence-electron chi connectivity index (χ1n) is 9.13. The molecule has 4 rings (SSSR count). The van der Waals surface area contributed by atoms with E-state index in [1.165, 1.54) is 12.1 Å². The molecule has 3 heterocycles. The van der Waals surface area contributed by atoms with E-state index in [-0.39, 0.29) is 17.6 Å². The number of fused-ring (bicyclic) bond motifs is 1. The first kappa shape index (κ1) is 17.4. The molecule has 140 valence electrons. The Morgan fingerprint density at radius 3 is 2.93 bits per heavy atom. The summed E-state index contributed by atoms with van der Waals surface area (Å²) in [5.74, 6) is 0.576. The number of carbonyl (C=O) groups is 1. The molecule has 1 fully saturated rings. The molecule has 1 saturated heterocycles. The number of amides is 1. The Kier molecular flexibility index (Phi) is 4.95. The highest BCUT2D eigenvalue weighted by Gasteiger charge is 2.26. The van der Waals surface area contributed by atoms with E-state index >= 15 is 0 Å². The molecule has 8 heteroatoms. The second-order valence-corrected chi connectivity index (χ2v) is 6.78. The first-order chi connectivity index (χ1) is 13.2. The number of nitrogens with one attached hydrogen (secondary N) is 1. The number of rotatable bonds is 5. The van der Waals surface area contributed by atoms with E-state index in [0.29, 0.717) is 25.2 Å². The van der Waals surface area contributed by atoms with Gasteiger partial charge >= 0.3 is 0 Å². The van der Waals surface area contributed by atoms with Crippen molar-refractivity contribution in [1.82, 2.24) is 25.1 Å². The molecule has 2 aromatic heterocycles. The van der Waals surface area contributed by atoms with E-state index in [1.807, 2.05) is 12.1 Å². The Hall–Kier alpha value is -3.03. The quantitative estimate of drug-likeness (QED) is 0.744. The average molecular weight is 368 g/mol. The fourth-order valence-corrected chi connectivity index (χ4v) is 3.41. The van der Waals surface area contributed by atoms with Gasteiger partial charge in [0.1, 0.15) is 18.0 Å². The second-order valence-electron chi connectivity index (χ2n) is 6.78. The summed E-state index contributed by atoms with van der Waals surface area (Å²) in [5, 5.41) is 15.3. The van der Waals surface area contributed by atoms with Crippen LogP contribution in [0.3, 0.4) is 0 Å². The predicted octanol–water partition coefficient (Wildman–Crippen LogP) is 1.84. The van der Waals surface area contributed by atoms with Crippen LogP contribution in [0.2, 0.25) is 0 Å². The summed E-state index contributed by atoms with van der Waals surface area (Å²) in [4.78, 5) is 14.7. The van der Waals surface area contributed by atoms with Crippen LogP contribution in [0.5, 0.6) is 0 Å². The van der Waals surface area contributed by atoms with Gasteiger partial charge in [-0.2, -0.15) is 4.52 Å². The first-order valence-corrected chi connectivity index (χ1v) is 9.13. The molecule has 1 aliphatic heterocycles. The van der Waals surface area contributed by atoms with Gasteiger partial charge in [-0.15, -0.1) is 15.3 Å². The lowest BCUT2D eigenvalue weighted by atomic mass is 9.97. The van der Waals surface area contributed by atoms with Gasteiger partial charge in [-0.1, -0.05) is 12.1 Å². The maximum Gasteiger partial charge on any atom is 0.224 e. The van der Waals surface area contributed by atoms with Crippen LogP contribution in [-0.2, 0) is 11.2 Å². The zero-order valence-corrected chi connectivity index (χ0v) is 14.9. The fourth-order valence-electron chi connectivity index (χ4n) is 3.41. The van der Waals surface area contributed by atoms with E-state index in [0.717, 1.165) is 30.8 Å². The van der Waals surface area contributed by atoms with Crippen LogP contribution in [0.1, 0.15) is 18.4 Å². The van der Waals surface area contributed by atoms with Gasteiger partial charge in [0.15, 0.2) is 5.65 Å². The summed E-state index contributed by atoms with van der Waals surface area (Å²) in [6, 6.07) is 10.2. The van der Waals surface area contributed by atoms with Crippen molar-refractivity contribution in [2.45, 2.75) is 19.3 Å². The van der Waals surface area contributed by atoms with Crippen molar-refractivity contribution >= 4 is 17.4 Å². The van der Waals surface area contributed by atoms with Crippen molar-refractivity contribution in [1.29, 1.82) is 0 Å². The molecule has 1 aromatic carbocycles. The maximum absolute atomic E-state index is 12.9. The van der Waals surface area contributed by atoms with Crippen LogP contribution in [-0.4, -0.2) is 45.4 Å². The zero-order chi connectivity index (χ0) is 18.6. The lowest BCUT2D eigenvalue weighted by molar-refractivity contribution is -0.125. The van der Waals surface area contributed by atoms with E-state index < -0.39 is 0 Å². The summed E-state index contributed by atoms with van der Waals surface area (Å²) >= 11 is 0. The van der Waals surface area contributed by atoms with Crippen molar-refractivity contribution in [3.63, 3.8) is 0 Å². The number of hydrogen-bond acceptors (Lipinski definition) is 5. The van der Waals surface area contributed by atoms with Gasteiger partial charge in [-0.3, -0.25) is 4.79 Å². The Morgan fingerprint density at radius 2 is 2.07 bits per heavy atom. The van der Waals surface area contributed by atoms with Crippen molar-refractivity contribution < 1.29 is 9.18 Å². The molecule has 0 spiro atoms. The Balaban J connectivity index is 1.33. The maximum atomic E-state index is 12.9. The largest absolute Gasteiger partial charge is 0.355 e. The molecule has 1 aliphatic rings. The lowest BCUT2D eigenvalue weighted by Gasteiger charge is -2.32. The molecule has 1 atom stereocenters. The van der Waals surface area contributed by atoms with Crippen LogP contribution >= 0.6 is 0 Å². The smallest absolute Gasteiger partial charge is 0.224 e. The minimum atomic E-state index is -0.247. The predicted molar refractivity (Wildman–Crippen MR) is 98.8 cm³/mol. The van der Waals surface area contributed by atoms with Crippen LogP contribution in [0.15, 0.2) is 42.7 Å². The molecule has 3 aromatic rings. The normalized spacial score (nSPS) is 17.2. The average Bonchev–Trinajstić information content (AvgIpc) is 3.17. The third kappa shape index (κ3) is 4.05. The topological polar surface area (TPSA) is 75.4 Å². The Morgan fingerprint density at radius 1 is 1.22 bits per heavy atom. The highest BCUT2D eigenvalue weighted by atomic mass is 19.1. The summed E-state index contributed by atoms with van der Waals surface area (Å²) in [6.45, 7) is 2.06. The van der Waals surface area contributed by atoms with Crippen LogP contribution < -0.4 is 10.2 Å². The van der Waals surface area contributed by atoms with Gasteiger partial charge in [-0.05, 0) is 49.1 Å². The molecule has 0 aliphatic carbocycles. The van der Waals surface area contributed by atoms with Gasteiger partial charge < -0.3 is 10.2 Å². The van der Waals surface area contributed by atoms with Crippen molar-refractivity contribution in [3.8, 4) is 0 Å². The molecule has 1 N–H and O–H groups in total. The van der Waals surface area contributed by atoms with E-state index in [1.54, 1.807) is 23.0 Å². The number of piperidine rings is 1. The number of carbonyl (C=O) groups excluding carboxylic acids is 1. The van der Waals surface area contributed by atoms with Crippen LogP contribution in [0.25, 0.3) is 5.65 Å². The van der Waals surface area contributed by atoms with Crippen LogP contribution in [0, 0.1) is 11.7 Å². The summed E-state index contributed by atoms with van der Waals surface area (Å²) in [6.07, 6.45) is 4.07. The number of halogens is 1. The summed E-state index contributed by atoms with van der Waals surface area (Å²) < 4.78 is 14.6.